The predicted octanol–water partition coefficient (Wildman–Crippen LogP) is 2.70. The molecule has 0 saturated heterocycles. The van der Waals surface area contributed by atoms with E-state index in [9.17, 15) is 5.11 Å². The molecule has 1 aliphatic rings. The Bertz CT molecular complexity index is 192. The summed E-state index contributed by atoms with van der Waals surface area (Å²) in [5.74, 6) is 0.482. The Labute approximate surface area is 94.5 Å². The minimum absolute atomic E-state index is 0.215. The zero-order valence-corrected chi connectivity index (χ0v) is 10.9. The van der Waals surface area contributed by atoms with Crippen molar-refractivity contribution in [1.29, 1.82) is 0 Å². The van der Waals surface area contributed by atoms with Crippen molar-refractivity contribution in [2.24, 2.45) is 5.92 Å². The second kappa shape index (κ2) is 4.42. The molecule has 0 aromatic heterocycles. The van der Waals surface area contributed by atoms with Crippen LogP contribution in [0.1, 0.15) is 60.3 Å². The molecule has 90 valence electrons. The van der Waals surface area contributed by atoms with E-state index in [1.807, 2.05) is 13.8 Å². The molecule has 0 radical (unpaired) electrons. The highest BCUT2D eigenvalue weighted by Crippen LogP contribution is 2.32. The molecule has 1 saturated carbocycles. The summed E-state index contributed by atoms with van der Waals surface area (Å²) in [7, 11) is 0. The molecule has 1 aliphatic carbocycles. The number of hydrogen-bond acceptors (Lipinski definition) is 2. The van der Waals surface area contributed by atoms with Gasteiger partial charge in [0, 0.05) is 11.6 Å². The molecule has 2 N–H and O–H groups in total. The Morgan fingerprint density at radius 1 is 0.933 bits per heavy atom. The van der Waals surface area contributed by atoms with E-state index >= 15 is 0 Å². The summed E-state index contributed by atoms with van der Waals surface area (Å²) in [6.45, 7) is 10.5. The molecule has 0 aromatic carbocycles. The number of nitrogens with one attached hydrogen (secondary N) is 1. The van der Waals surface area contributed by atoms with Gasteiger partial charge in [0.2, 0.25) is 0 Å². The van der Waals surface area contributed by atoms with Crippen molar-refractivity contribution in [2.75, 3.05) is 0 Å². The average molecular weight is 213 g/mol. The van der Waals surface area contributed by atoms with E-state index in [4.69, 9.17) is 0 Å². The molecular formula is C13H27NO. The topological polar surface area (TPSA) is 32.3 Å². The maximum Gasteiger partial charge on any atom is 0.0619 e. The molecule has 0 aromatic rings. The van der Waals surface area contributed by atoms with Crippen molar-refractivity contribution < 1.29 is 5.11 Å². The van der Waals surface area contributed by atoms with Crippen molar-refractivity contribution in [3.05, 3.63) is 0 Å². The van der Waals surface area contributed by atoms with Crippen molar-refractivity contribution in [3.63, 3.8) is 0 Å². The van der Waals surface area contributed by atoms with Crippen LogP contribution in [0.25, 0.3) is 0 Å². The highest BCUT2D eigenvalue weighted by atomic mass is 16.3. The number of hydrogen-bond donors (Lipinski definition) is 2. The molecular weight excluding hydrogens is 186 g/mol. The molecule has 2 heteroatoms. The summed E-state index contributed by atoms with van der Waals surface area (Å²) in [5.41, 5.74) is -0.279. The van der Waals surface area contributed by atoms with E-state index in [1.54, 1.807) is 0 Å². The third-order valence-electron chi connectivity index (χ3n) is 3.36. The lowest BCUT2D eigenvalue weighted by molar-refractivity contribution is -0.00391. The fraction of sp³-hybridized carbons (Fsp3) is 1.00. The van der Waals surface area contributed by atoms with Gasteiger partial charge in [-0.05, 0) is 66.2 Å². The Kier molecular flexibility index (Phi) is 3.83. The summed E-state index contributed by atoms with van der Waals surface area (Å²) in [6.07, 6.45) is 4.70. The minimum Gasteiger partial charge on any atom is -0.390 e. The van der Waals surface area contributed by atoms with Crippen molar-refractivity contribution in [2.45, 2.75) is 77.5 Å². The zero-order chi connectivity index (χ0) is 11.7. The molecule has 0 aliphatic heterocycles. The van der Waals surface area contributed by atoms with E-state index < -0.39 is 5.60 Å². The zero-order valence-electron chi connectivity index (χ0n) is 10.9. The van der Waals surface area contributed by atoms with Crippen molar-refractivity contribution in [3.8, 4) is 0 Å². The van der Waals surface area contributed by atoms with Crippen LogP contribution in [0.4, 0.5) is 0 Å². The van der Waals surface area contributed by atoms with Gasteiger partial charge in [0.05, 0.1) is 5.60 Å². The van der Waals surface area contributed by atoms with E-state index in [0.29, 0.717) is 12.0 Å². The normalized spacial score (nSPS) is 29.2. The lowest BCUT2D eigenvalue weighted by Crippen LogP contribution is -2.46. The predicted molar refractivity (Wildman–Crippen MR) is 64.9 cm³/mol. The van der Waals surface area contributed by atoms with E-state index in [2.05, 4.69) is 26.1 Å². The maximum absolute atomic E-state index is 9.94. The van der Waals surface area contributed by atoms with Gasteiger partial charge in [-0.2, -0.15) is 0 Å². The maximum atomic E-state index is 9.94. The molecule has 0 amide bonds. The lowest BCUT2D eigenvalue weighted by atomic mass is 9.77. The van der Waals surface area contributed by atoms with Crippen LogP contribution in [-0.2, 0) is 0 Å². The number of rotatable bonds is 2. The van der Waals surface area contributed by atoms with Crippen LogP contribution < -0.4 is 5.32 Å². The molecule has 0 heterocycles. The molecule has 0 atom stereocenters. The molecule has 1 rings (SSSR count). The van der Waals surface area contributed by atoms with Gasteiger partial charge in [-0.25, -0.2) is 0 Å². The summed E-state index contributed by atoms with van der Waals surface area (Å²) in [4.78, 5) is 0. The molecule has 0 unspecified atom stereocenters. The van der Waals surface area contributed by atoms with Crippen molar-refractivity contribution in [1.82, 2.24) is 5.32 Å². The van der Waals surface area contributed by atoms with Gasteiger partial charge < -0.3 is 10.4 Å². The van der Waals surface area contributed by atoms with Crippen LogP contribution in [0.2, 0.25) is 0 Å². The first kappa shape index (κ1) is 13.0. The first-order valence-electron chi connectivity index (χ1n) is 6.18. The average Bonchev–Trinajstić information content (AvgIpc) is 2.00. The van der Waals surface area contributed by atoms with E-state index in [0.717, 1.165) is 12.8 Å². The Balaban J connectivity index is 2.37. The highest BCUT2D eigenvalue weighted by molar-refractivity contribution is 4.87. The Hall–Kier alpha value is -0.0800. The second-order valence-corrected chi connectivity index (χ2v) is 6.60. The fourth-order valence-corrected chi connectivity index (χ4v) is 2.56. The molecule has 15 heavy (non-hydrogen) atoms. The highest BCUT2D eigenvalue weighted by Gasteiger charge is 2.32. The summed E-state index contributed by atoms with van der Waals surface area (Å²) >= 11 is 0. The third-order valence-corrected chi connectivity index (χ3v) is 3.36. The Morgan fingerprint density at radius 2 is 1.40 bits per heavy atom. The third kappa shape index (κ3) is 4.52. The first-order chi connectivity index (χ1) is 6.68. The first-order valence-corrected chi connectivity index (χ1v) is 6.18. The van der Waals surface area contributed by atoms with Crippen LogP contribution in [0.3, 0.4) is 0 Å². The molecule has 0 bridgehead atoms. The van der Waals surface area contributed by atoms with E-state index in [-0.39, 0.29) is 5.54 Å². The largest absolute Gasteiger partial charge is 0.390 e. The minimum atomic E-state index is -0.493. The van der Waals surface area contributed by atoms with Gasteiger partial charge in [0.25, 0.3) is 0 Å². The van der Waals surface area contributed by atoms with Crippen LogP contribution in [0.15, 0.2) is 0 Å². The number of aliphatic hydroxyl groups is 1. The Morgan fingerprint density at radius 3 is 1.73 bits per heavy atom. The summed E-state index contributed by atoms with van der Waals surface area (Å²) in [5, 5.41) is 13.6. The van der Waals surface area contributed by atoms with Gasteiger partial charge in [0.15, 0.2) is 0 Å². The van der Waals surface area contributed by atoms with Gasteiger partial charge in [0.1, 0.15) is 0 Å². The van der Waals surface area contributed by atoms with Gasteiger partial charge in [-0.1, -0.05) is 0 Å². The standard InChI is InChI=1S/C13H27NO/c1-12(2,3)14-11-8-6-10(7-9-11)13(4,5)15/h10-11,14-15H,6-9H2,1-5H3. The molecule has 0 spiro atoms. The van der Waals surface area contributed by atoms with Crippen molar-refractivity contribution >= 4 is 0 Å². The summed E-state index contributed by atoms with van der Waals surface area (Å²) in [6, 6.07) is 0.642. The second-order valence-electron chi connectivity index (χ2n) is 6.60. The van der Waals surface area contributed by atoms with Gasteiger partial charge >= 0.3 is 0 Å². The van der Waals surface area contributed by atoms with E-state index in [1.165, 1.54) is 12.8 Å². The van der Waals surface area contributed by atoms with Crippen LogP contribution in [0.5, 0.6) is 0 Å². The smallest absolute Gasteiger partial charge is 0.0619 e. The quantitative estimate of drug-likeness (QED) is 0.739. The van der Waals surface area contributed by atoms with Gasteiger partial charge in [-0.15, -0.1) is 0 Å². The van der Waals surface area contributed by atoms with Crippen LogP contribution in [-0.4, -0.2) is 22.3 Å². The molecule has 1 fully saturated rings. The lowest BCUT2D eigenvalue weighted by Gasteiger charge is -2.38. The fourth-order valence-electron chi connectivity index (χ4n) is 2.56. The molecule has 2 nitrogen and oxygen atoms in total. The SMILES string of the molecule is CC(C)(C)NC1CCC(C(C)(C)O)CC1. The summed E-state index contributed by atoms with van der Waals surface area (Å²) < 4.78 is 0. The monoisotopic (exact) mass is 213 g/mol. The van der Waals surface area contributed by atoms with Crippen LogP contribution >= 0.6 is 0 Å². The van der Waals surface area contributed by atoms with Crippen LogP contribution in [0, 0.1) is 5.92 Å². The van der Waals surface area contributed by atoms with Gasteiger partial charge in [-0.3, -0.25) is 0 Å².